The van der Waals surface area contributed by atoms with Crippen LogP contribution >= 0.6 is 23.2 Å². The number of nitrogens with one attached hydrogen (secondary N) is 1. The van der Waals surface area contributed by atoms with E-state index in [-0.39, 0.29) is 11.5 Å². The lowest BCUT2D eigenvalue weighted by Gasteiger charge is -2.25. The zero-order valence-electron chi connectivity index (χ0n) is 24.5. The first-order valence-corrected chi connectivity index (χ1v) is 15.9. The predicted octanol–water partition coefficient (Wildman–Crippen LogP) is 7.64. The van der Waals surface area contributed by atoms with E-state index in [0.29, 0.717) is 39.1 Å². The van der Waals surface area contributed by atoms with Gasteiger partial charge in [-0.1, -0.05) is 53.0 Å². The fraction of sp³-hybridized carbons (Fsp3) is 0.188. The third-order valence-corrected chi connectivity index (χ3v) is 8.75. The van der Waals surface area contributed by atoms with Crippen LogP contribution in [0.25, 0.3) is 0 Å². The van der Waals surface area contributed by atoms with E-state index < -0.39 is 44.9 Å². The molecule has 4 aromatic rings. The van der Waals surface area contributed by atoms with Gasteiger partial charge in [0.15, 0.2) is 11.5 Å². The summed E-state index contributed by atoms with van der Waals surface area (Å²) < 4.78 is 80.1. The maximum Gasteiger partial charge on any atom is 0.417 e. The predicted molar refractivity (Wildman–Crippen MR) is 171 cm³/mol. The van der Waals surface area contributed by atoms with E-state index in [4.69, 9.17) is 32.7 Å². The van der Waals surface area contributed by atoms with E-state index in [0.717, 1.165) is 23.3 Å². The molecule has 0 fully saturated rings. The van der Waals surface area contributed by atoms with E-state index in [2.05, 4.69) is 10.5 Å². The number of carbonyl (C=O) groups excluding carboxylic acids is 1. The summed E-state index contributed by atoms with van der Waals surface area (Å²) in [5.41, 5.74) is 2.70. The van der Waals surface area contributed by atoms with Crippen molar-refractivity contribution in [3.63, 3.8) is 0 Å². The number of hydrazone groups is 1. The lowest BCUT2D eigenvalue weighted by atomic mass is 10.2. The highest BCUT2D eigenvalue weighted by Gasteiger charge is 2.35. The minimum atomic E-state index is -4.87. The van der Waals surface area contributed by atoms with E-state index >= 15 is 0 Å². The number of halogens is 5. The van der Waals surface area contributed by atoms with Gasteiger partial charge in [-0.3, -0.25) is 9.10 Å². The Kier molecular flexibility index (Phi) is 11.2. The second-order valence-electron chi connectivity index (χ2n) is 9.84. The number of amides is 1. The van der Waals surface area contributed by atoms with Crippen LogP contribution in [-0.2, 0) is 27.6 Å². The molecular formula is C32H28Cl2F3N3O5S. The molecule has 0 heterocycles. The summed E-state index contributed by atoms with van der Waals surface area (Å²) in [6.07, 6.45) is -3.57. The highest BCUT2D eigenvalue weighted by atomic mass is 35.5. The molecule has 0 aliphatic rings. The van der Waals surface area contributed by atoms with Crippen LogP contribution in [0.2, 0.25) is 10.0 Å². The van der Waals surface area contributed by atoms with Crippen LogP contribution in [0, 0.1) is 6.92 Å². The second-order valence-corrected chi connectivity index (χ2v) is 12.5. The van der Waals surface area contributed by atoms with Crippen molar-refractivity contribution in [1.82, 2.24) is 5.43 Å². The minimum Gasteiger partial charge on any atom is -0.490 e. The molecule has 8 nitrogen and oxygen atoms in total. The van der Waals surface area contributed by atoms with Gasteiger partial charge in [-0.2, -0.15) is 18.3 Å². The number of hydrogen-bond donors (Lipinski definition) is 1. The minimum absolute atomic E-state index is 0.223. The molecule has 0 saturated carbocycles. The van der Waals surface area contributed by atoms with E-state index in [1.54, 1.807) is 44.2 Å². The smallest absolute Gasteiger partial charge is 0.417 e. The number of rotatable bonds is 12. The lowest BCUT2D eigenvalue weighted by molar-refractivity contribution is -0.137. The van der Waals surface area contributed by atoms with Crippen molar-refractivity contribution in [1.29, 1.82) is 0 Å². The van der Waals surface area contributed by atoms with Crippen molar-refractivity contribution < 1.29 is 35.9 Å². The fourth-order valence-electron chi connectivity index (χ4n) is 4.16. The van der Waals surface area contributed by atoms with Gasteiger partial charge < -0.3 is 9.47 Å². The van der Waals surface area contributed by atoms with Crippen LogP contribution in [0.15, 0.2) is 94.9 Å². The zero-order chi connectivity index (χ0) is 33.5. The first kappa shape index (κ1) is 34.6. The quantitative estimate of drug-likeness (QED) is 0.122. The molecule has 0 saturated heterocycles. The van der Waals surface area contributed by atoms with Gasteiger partial charge >= 0.3 is 6.18 Å². The number of hydrogen-bond acceptors (Lipinski definition) is 6. The summed E-state index contributed by atoms with van der Waals surface area (Å²) in [4.78, 5) is 12.7. The number of anilines is 1. The Morgan fingerprint density at radius 3 is 2.37 bits per heavy atom. The van der Waals surface area contributed by atoms with Crippen molar-refractivity contribution in [2.24, 2.45) is 5.10 Å². The van der Waals surface area contributed by atoms with Crippen LogP contribution in [0.1, 0.15) is 29.2 Å². The molecule has 0 aliphatic carbocycles. The first-order valence-electron chi connectivity index (χ1n) is 13.7. The van der Waals surface area contributed by atoms with Crippen molar-refractivity contribution in [2.75, 3.05) is 17.5 Å². The molecule has 4 rings (SSSR count). The molecule has 1 N–H and O–H groups in total. The number of benzene rings is 4. The number of aryl methyl sites for hydroxylation is 1. The van der Waals surface area contributed by atoms with Crippen LogP contribution in [0.4, 0.5) is 18.9 Å². The number of ether oxygens (including phenoxy) is 2. The lowest BCUT2D eigenvalue weighted by Crippen LogP contribution is -2.39. The summed E-state index contributed by atoms with van der Waals surface area (Å²) in [6.45, 7) is 3.25. The van der Waals surface area contributed by atoms with Crippen LogP contribution in [-0.4, -0.2) is 33.7 Å². The third-order valence-electron chi connectivity index (χ3n) is 6.39. The van der Waals surface area contributed by atoms with Gasteiger partial charge in [0.05, 0.1) is 34.0 Å². The van der Waals surface area contributed by atoms with Crippen LogP contribution < -0.4 is 19.2 Å². The highest BCUT2D eigenvalue weighted by Crippen LogP contribution is 2.38. The van der Waals surface area contributed by atoms with Gasteiger partial charge in [0, 0.05) is 5.02 Å². The molecular weight excluding hydrogens is 666 g/mol. The monoisotopic (exact) mass is 693 g/mol. The average molecular weight is 695 g/mol. The average Bonchev–Trinajstić information content (AvgIpc) is 3.00. The molecule has 0 spiro atoms. The van der Waals surface area contributed by atoms with Gasteiger partial charge in [-0.25, -0.2) is 13.8 Å². The fourth-order valence-corrected chi connectivity index (χ4v) is 6.01. The molecule has 46 heavy (non-hydrogen) atoms. The van der Waals surface area contributed by atoms with Gasteiger partial charge in [-0.15, -0.1) is 0 Å². The first-order chi connectivity index (χ1) is 21.8. The molecule has 4 aromatic carbocycles. The third kappa shape index (κ3) is 8.93. The Morgan fingerprint density at radius 1 is 0.957 bits per heavy atom. The van der Waals surface area contributed by atoms with Gasteiger partial charge in [0.1, 0.15) is 13.2 Å². The van der Waals surface area contributed by atoms with Gasteiger partial charge in [0.2, 0.25) is 0 Å². The maximum atomic E-state index is 13.6. The van der Waals surface area contributed by atoms with Crippen molar-refractivity contribution >= 4 is 51.0 Å². The summed E-state index contributed by atoms with van der Waals surface area (Å²) in [7, 11) is -4.49. The molecule has 0 aromatic heterocycles. The summed E-state index contributed by atoms with van der Waals surface area (Å²) in [5, 5.41) is 3.86. The summed E-state index contributed by atoms with van der Waals surface area (Å²) in [5.74, 6) is -0.0403. The molecule has 0 aliphatic heterocycles. The van der Waals surface area contributed by atoms with Crippen molar-refractivity contribution in [3.05, 3.63) is 117 Å². The van der Waals surface area contributed by atoms with Gasteiger partial charge in [0.25, 0.3) is 15.9 Å². The van der Waals surface area contributed by atoms with Crippen LogP contribution in [0.3, 0.4) is 0 Å². The molecule has 0 radical (unpaired) electrons. The molecule has 0 unspecified atom stereocenters. The Morgan fingerprint density at radius 2 is 1.70 bits per heavy atom. The van der Waals surface area contributed by atoms with Crippen molar-refractivity contribution in [2.45, 2.75) is 31.5 Å². The second kappa shape index (κ2) is 14.9. The Balaban J connectivity index is 1.54. The Hall–Kier alpha value is -4.26. The number of alkyl halides is 3. The number of sulfonamides is 1. The zero-order valence-corrected chi connectivity index (χ0v) is 26.8. The number of nitrogens with zero attached hydrogens (tertiary/aromatic N) is 2. The van der Waals surface area contributed by atoms with E-state index in [9.17, 15) is 26.4 Å². The summed E-state index contributed by atoms with van der Waals surface area (Å²) >= 11 is 11.8. The van der Waals surface area contributed by atoms with E-state index in [1.165, 1.54) is 30.5 Å². The SMILES string of the molecule is CCOc1cc(/C=N\NC(=O)CN(c2ccc(Cl)c(C(F)(F)F)c2)S(=O)(=O)c2ccc(C)cc2)ccc1OCc1cccc(Cl)c1. The van der Waals surface area contributed by atoms with Crippen molar-refractivity contribution in [3.8, 4) is 11.5 Å². The van der Waals surface area contributed by atoms with Crippen LogP contribution in [0.5, 0.6) is 11.5 Å². The Bertz CT molecular complexity index is 1840. The Labute approximate surface area is 274 Å². The van der Waals surface area contributed by atoms with Gasteiger partial charge in [-0.05, 0) is 85.6 Å². The molecule has 0 bridgehead atoms. The maximum absolute atomic E-state index is 13.6. The topological polar surface area (TPSA) is 97.3 Å². The molecule has 14 heteroatoms. The molecule has 0 atom stereocenters. The normalized spacial score (nSPS) is 11.8. The molecule has 1 amide bonds. The highest BCUT2D eigenvalue weighted by molar-refractivity contribution is 7.92. The largest absolute Gasteiger partial charge is 0.490 e. The summed E-state index contributed by atoms with van der Waals surface area (Å²) in [6, 6.07) is 20.4. The number of carbonyl (C=O) groups is 1. The molecule has 242 valence electrons. The van der Waals surface area contributed by atoms with E-state index in [1.807, 2.05) is 12.1 Å². The standard InChI is InChI=1S/C32H28Cl2F3N3O5S/c1-3-44-30-16-22(9-14-29(30)45-20-23-5-4-6-24(33)15-23)18-38-39-31(41)19-40(46(42,43)26-11-7-21(2)8-12-26)25-10-13-28(34)27(17-25)32(35,36)37/h4-18H,3,19-20H2,1-2H3,(H,39,41)/b38-18-.